The van der Waals surface area contributed by atoms with Crippen molar-refractivity contribution in [3.05, 3.63) is 28.2 Å². The first-order chi connectivity index (χ1) is 8.65. The molecule has 0 aromatic heterocycles. The maximum atomic E-state index is 11.9. The van der Waals surface area contributed by atoms with E-state index in [1.54, 1.807) is 0 Å². The summed E-state index contributed by atoms with van der Waals surface area (Å²) in [5, 5.41) is 2.92. The molecule has 1 aliphatic rings. The molecule has 1 saturated heterocycles. The van der Waals surface area contributed by atoms with Crippen molar-refractivity contribution in [2.45, 2.75) is 38.7 Å². The van der Waals surface area contributed by atoms with Crippen LogP contribution >= 0.6 is 15.9 Å². The zero-order valence-electron chi connectivity index (χ0n) is 10.5. The fraction of sp³-hybridized carbons (Fsp3) is 0.500. The van der Waals surface area contributed by atoms with Gasteiger partial charge in [-0.05, 0) is 59.8 Å². The molecular weight excluding hydrogens is 294 g/mol. The Morgan fingerprint density at radius 3 is 3.00 bits per heavy atom. The lowest BCUT2D eigenvalue weighted by molar-refractivity contribution is -0.119. The summed E-state index contributed by atoms with van der Waals surface area (Å²) in [7, 11) is 0. The Bertz CT molecular complexity index is 428. The number of aryl methyl sites for hydroxylation is 1. The van der Waals surface area contributed by atoms with E-state index in [9.17, 15) is 4.79 Å². The van der Waals surface area contributed by atoms with Crippen molar-refractivity contribution >= 4 is 27.5 Å². The van der Waals surface area contributed by atoms with Crippen molar-refractivity contribution in [2.75, 3.05) is 11.9 Å². The molecule has 4 heteroatoms. The quantitative estimate of drug-likeness (QED) is 0.925. The summed E-state index contributed by atoms with van der Waals surface area (Å²) < 4.78 is 6.48. The van der Waals surface area contributed by atoms with Crippen molar-refractivity contribution in [1.82, 2.24) is 0 Å². The highest BCUT2D eigenvalue weighted by atomic mass is 79.9. The smallest absolute Gasteiger partial charge is 0.227 e. The van der Waals surface area contributed by atoms with Crippen LogP contribution in [0.5, 0.6) is 0 Å². The van der Waals surface area contributed by atoms with E-state index in [0.29, 0.717) is 6.42 Å². The van der Waals surface area contributed by atoms with Crippen molar-refractivity contribution in [1.29, 1.82) is 0 Å². The van der Waals surface area contributed by atoms with Gasteiger partial charge in [0.2, 0.25) is 5.91 Å². The second-order valence-electron chi connectivity index (χ2n) is 4.72. The molecule has 2 rings (SSSR count). The number of nitrogens with one attached hydrogen (secondary N) is 1. The number of ether oxygens (including phenoxy) is 1. The second kappa shape index (κ2) is 6.34. The van der Waals surface area contributed by atoms with Gasteiger partial charge in [-0.25, -0.2) is 0 Å². The number of carbonyl (C=O) groups is 1. The molecule has 1 aromatic rings. The van der Waals surface area contributed by atoms with Gasteiger partial charge in [0.25, 0.3) is 0 Å². The molecule has 0 saturated carbocycles. The zero-order chi connectivity index (χ0) is 13.0. The van der Waals surface area contributed by atoms with Crippen LogP contribution in [0, 0.1) is 6.92 Å². The highest BCUT2D eigenvalue weighted by Crippen LogP contribution is 2.24. The molecule has 0 radical (unpaired) electrons. The van der Waals surface area contributed by atoms with Crippen molar-refractivity contribution in [2.24, 2.45) is 0 Å². The van der Waals surface area contributed by atoms with Gasteiger partial charge in [0.15, 0.2) is 0 Å². The summed E-state index contributed by atoms with van der Waals surface area (Å²) in [5.41, 5.74) is 1.98. The summed E-state index contributed by atoms with van der Waals surface area (Å²) in [5.74, 6) is 0.0199. The molecule has 3 nitrogen and oxygen atoms in total. The fourth-order valence-electron chi connectivity index (χ4n) is 2.10. The summed E-state index contributed by atoms with van der Waals surface area (Å²) in [4.78, 5) is 11.9. The van der Waals surface area contributed by atoms with Crippen molar-refractivity contribution < 1.29 is 9.53 Å². The van der Waals surface area contributed by atoms with Gasteiger partial charge in [-0.15, -0.1) is 0 Å². The predicted octanol–water partition coefficient (Wildman–Crippen LogP) is 3.66. The number of hydrogen-bond acceptors (Lipinski definition) is 2. The maximum absolute atomic E-state index is 11.9. The largest absolute Gasteiger partial charge is 0.378 e. The summed E-state index contributed by atoms with van der Waals surface area (Å²) in [6.07, 6.45) is 3.79. The maximum Gasteiger partial charge on any atom is 0.227 e. The van der Waals surface area contributed by atoms with Crippen LogP contribution in [0.2, 0.25) is 0 Å². The third-order valence-electron chi connectivity index (χ3n) is 3.09. The molecule has 1 aliphatic heterocycles. The lowest BCUT2D eigenvalue weighted by Gasteiger charge is -2.22. The zero-order valence-corrected chi connectivity index (χ0v) is 12.1. The Morgan fingerprint density at radius 2 is 2.33 bits per heavy atom. The molecule has 18 heavy (non-hydrogen) atoms. The third kappa shape index (κ3) is 3.82. The molecule has 0 aliphatic carbocycles. The minimum Gasteiger partial charge on any atom is -0.378 e. The van der Waals surface area contributed by atoms with E-state index in [1.807, 2.05) is 25.1 Å². The van der Waals surface area contributed by atoms with E-state index in [-0.39, 0.29) is 12.0 Å². The van der Waals surface area contributed by atoms with Crippen molar-refractivity contribution in [3.63, 3.8) is 0 Å². The topological polar surface area (TPSA) is 38.3 Å². The van der Waals surface area contributed by atoms with Crippen LogP contribution < -0.4 is 5.32 Å². The van der Waals surface area contributed by atoms with Crippen LogP contribution in [0.25, 0.3) is 0 Å². The average Bonchev–Trinajstić information content (AvgIpc) is 2.34. The highest BCUT2D eigenvalue weighted by molar-refractivity contribution is 9.10. The summed E-state index contributed by atoms with van der Waals surface area (Å²) in [6.45, 7) is 2.80. The van der Waals surface area contributed by atoms with Crippen LogP contribution in [0.4, 0.5) is 5.69 Å². The van der Waals surface area contributed by atoms with Crippen LogP contribution in [-0.4, -0.2) is 18.6 Å². The molecule has 1 fully saturated rings. The minimum atomic E-state index is 0.0199. The number of hydrogen-bond donors (Lipinski definition) is 1. The molecule has 1 atom stereocenters. The van der Waals surface area contributed by atoms with Gasteiger partial charge in [-0.3, -0.25) is 4.79 Å². The van der Waals surface area contributed by atoms with Crippen molar-refractivity contribution in [3.8, 4) is 0 Å². The van der Waals surface area contributed by atoms with E-state index < -0.39 is 0 Å². The molecular formula is C14H18BrNO2. The number of benzene rings is 1. The molecule has 0 bridgehead atoms. The van der Waals surface area contributed by atoms with E-state index >= 15 is 0 Å². The first kappa shape index (κ1) is 13.6. The van der Waals surface area contributed by atoms with Crippen LogP contribution in [-0.2, 0) is 9.53 Å². The van der Waals surface area contributed by atoms with Gasteiger partial charge in [0.05, 0.1) is 18.2 Å². The molecule has 1 heterocycles. The average molecular weight is 312 g/mol. The normalized spacial score (nSPS) is 19.6. The molecule has 1 N–H and O–H groups in total. The second-order valence-corrected chi connectivity index (χ2v) is 5.58. The first-order valence-electron chi connectivity index (χ1n) is 6.33. The predicted molar refractivity (Wildman–Crippen MR) is 75.7 cm³/mol. The van der Waals surface area contributed by atoms with Gasteiger partial charge in [0.1, 0.15) is 0 Å². The van der Waals surface area contributed by atoms with Gasteiger partial charge >= 0.3 is 0 Å². The highest BCUT2D eigenvalue weighted by Gasteiger charge is 2.18. The van der Waals surface area contributed by atoms with Crippen LogP contribution in [0.1, 0.15) is 31.2 Å². The molecule has 1 aromatic carbocycles. The van der Waals surface area contributed by atoms with E-state index in [0.717, 1.165) is 41.6 Å². The standard InChI is InChI=1S/C14H18BrNO2/c1-10-5-6-13(12(15)8-10)16-14(17)9-11-4-2-3-7-18-11/h5-6,8,11H,2-4,7,9H2,1H3,(H,16,17). The molecule has 0 spiro atoms. The minimum absolute atomic E-state index is 0.0199. The Labute approximate surface area is 116 Å². The van der Waals surface area contributed by atoms with Gasteiger partial charge in [-0.2, -0.15) is 0 Å². The van der Waals surface area contributed by atoms with Crippen LogP contribution in [0.3, 0.4) is 0 Å². The Hall–Kier alpha value is -0.870. The third-order valence-corrected chi connectivity index (χ3v) is 3.74. The van der Waals surface area contributed by atoms with Gasteiger partial charge in [0, 0.05) is 11.1 Å². The number of carbonyl (C=O) groups excluding carboxylic acids is 1. The van der Waals surface area contributed by atoms with E-state index in [4.69, 9.17) is 4.74 Å². The van der Waals surface area contributed by atoms with Gasteiger partial charge < -0.3 is 10.1 Å². The lowest BCUT2D eigenvalue weighted by Crippen LogP contribution is -2.25. The molecule has 98 valence electrons. The molecule has 1 amide bonds. The number of amides is 1. The number of rotatable bonds is 3. The molecule has 1 unspecified atom stereocenters. The first-order valence-corrected chi connectivity index (χ1v) is 7.12. The number of anilines is 1. The van der Waals surface area contributed by atoms with E-state index in [1.165, 1.54) is 0 Å². The number of halogens is 1. The summed E-state index contributed by atoms with van der Waals surface area (Å²) in [6, 6.07) is 5.89. The Balaban J connectivity index is 1.90. The fourth-order valence-corrected chi connectivity index (χ4v) is 2.69. The van der Waals surface area contributed by atoms with Crippen LogP contribution in [0.15, 0.2) is 22.7 Å². The lowest BCUT2D eigenvalue weighted by atomic mass is 10.1. The monoisotopic (exact) mass is 311 g/mol. The van der Waals surface area contributed by atoms with Gasteiger partial charge in [-0.1, -0.05) is 6.07 Å². The Kier molecular flexibility index (Phi) is 4.78. The van der Waals surface area contributed by atoms with E-state index in [2.05, 4.69) is 21.2 Å². The SMILES string of the molecule is Cc1ccc(NC(=O)CC2CCCCO2)c(Br)c1. The Morgan fingerprint density at radius 1 is 1.50 bits per heavy atom. The summed E-state index contributed by atoms with van der Waals surface area (Å²) >= 11 is 3.45.